The van der Waals surface area contributed by atoms with Gasteiger partial charge in [-0.25, -0.2) is 9.78 Å². The summed E-state index contributed by atoms with van der Waals surface area (Å²) >= 11 is 0. The molecule has 0 fully saturated rings. The number of nitrogens with one attached hydrogen (secondary N) is 5. The van der Waals surface area contributed by atoms with Crippen molar-refractivity contribution in [1.29, 1.82) is 0 Å². The summed E-state index contributed by atoms with van der Waals surface area (Å²) in [6.07, 6.45) is 4.03. The van der Waals surface area contributed by atoms with Gasteiger partial charge in [-0.05, 0) is 30.9 Å². The second-order valence-corrected chi connectivity index (χ2v) is 10.4. The van der Waals surface area contributed by atoms with Crippen LogP contribution in [0.1, 0.15) is 36.9 Å². The minimum Gasteiger partial charge on any atom is -0.481 e. The lowest BCUT2D eigenvalue weighted by atomic mass is 10.0. The van der Waals surface area contributed by atoms with Gasteiger partial charge in [-0.3, -0.25) is 24.2 Å². The van der Waals surface area contributed by atoms with Crippen LogP contribution in [0.15, 0.2) is 48.0 Å². The highest BCUT2D eigenvalue weighted by molar-refractivity contribution is 5.94. The number of aliphatic imine (C=N–C) groups is 1. The van der Waals surface area contributed by atoms with Gasteiger partial charge in [0, 0.05) is 54.8 Å². The quantitative estimate of drug-likeness (QED) is 0.0438. The number of aliphatic carboxylic acids is 2. The molecular weight excluding hydrogens is 588 g/mol. The number of benzene rings is 1. The van der Waals surface area contributed by atoms with Gasteiger partial charge in [0.2, 0.25) is 17.7 Å². The van der Waals surface area contributed by atoms with Crippen molar-refractivity contribution in [3.8, 4) is 0 Å². The zero-order valence-electron chi connectivity index (χ0n) is 24.4. The first-order chi connectivity index (χ1) is 21.4. The number of rotatable bonds is 18. The van der Waals surface area contributed by atoms with Crippen molar-refractivity contribution in [3.63, 3.8) is 0 Å². The Kier molecular flexibility index (Phi) is 12.4. The Labute approximate surface area is 257 Å². The summed E-state index contributed by atoms with van der Waals surface area (Å²) in [6.45, 7) is 0.138. The zero-order valence-corrected chi connectivity index (χ0v) is 24.4. The van der Waals surface area contributed by atoms with Gasteiger partial charge in [0.1, 0.15) is 18.1 Å². The fraction of sp³-hybridized carbons (Fsp3) is 0.393. The highest BCUT2D eigenvalue weighted by atomic mass is 16.4. The highest BCUT2D eigenvalue weighted by Gasteiger charge is 2.31. The Morgan fingerprint density at radius 3 is 2.20 bits per heavy atom. The Bertz CT molecular complexity index is 1500. The molecule has 0 radical (unpaired) electrons. The van der Waals surface area contributed by atoms with E-state index in [2.05, 4.69) is 35.9 Å². The number of carbonyl (C=O) groups is 5. The molecule has 0 aliphatic rings. The third-order valence-corrected chi connectivity index (χ3v) is 6.90. The molecule has 13 N–H and O–H groups in total. The molecule has 0 aliphatic heterocycles. The number of carboxylic acids is 2. The number of carboxylic acid groups (broad SMARTS) is 2. The molecule has 2 heterocycles. The number of guanidine groups is 1. The number of hydrogen-bond donors (Lipinski definition) is 10. The standard InChI is InChI=1S/C28H38N10O7/c29-18(11-16-13-32-14-35-16)24(41)36-20(6-3-9-33-28(30)31)25(42)37-21(7-8-23(39)40)26(43)38-22(27(44)45)10-15-12-34-19-5-2-1-4-17(15)19/h1-2,4-5,12-14,18,20-22,34H,3,6-11,29H2,(H,32,35)(H,36,41)(H,37,42)(H,38,43)(H,39,40)(H,44,45)(H4,30,31,33). The lowest BCUT2D eigenvalue weighted by Crippen LogP contribution is -2.57. The molecule has 2 aromatic heterocycles. The Morgan fingerprint density at radius 1 is 0.889 bits per heavy atom. The molecule has 0 saturated carbocycles. The van der Waals surface area contributed by atoms with E-state index in [9.17, 15) is 34.2 Å². The number of carbonyl (C=O) groups excluding carboxylic acids is 3. The van der Waals surface area contributed by atoms with E-state index in [4.69, 9.17) is 17.2 Å². The maximum atomic E-state index is 13.4. The van der Waals surface area contributed by atoms with E-state index < -0.39 is 60.2 Å². The number of imidazole rings is 1. The lowest BCUT2D eigenvalue weighted by Gasteiger charge is -2.25. The fourth-order valence-corrected chi connectivity index (χ4v) is 4.58. The monoisotopic (exact) mass is 626 g/mol. The molecule has 0 saturated heterocycles. The number of H-pyrrole nitrogens is 2. The number of aromatic nitrogens is 3. The molecule has 242 valence electrons. The summed E-state index contributed by atoms with van der Waals surface area (Å²) in [7, 11) is 0. The average molecular weight is 627 g/mol. The van der Waals surface area contributed by atoms with E-state index in [1.165, 1.54) is 12.5 Å². The zero-order chi connectivity index (χ0) is 32.9. The number of fused-ring (bicyclic) bond motifs is 1. The SMILES string of the molecule is NC(N)=NCCCC(NC(=O)C(N)Cc1cnc[nH]1)C(=O)NC(CCC(=O)O)C(=O)NC(Cc1c[nH]c2ccccc12)C(=O)O. The summed E-state index contributed by atoms with van der Waals surface area (Å²) in [6, 6.07) is 2.15. The predicted octanol–water partition coefficient (Wildman–Crippen LogP) is -1.54. The van der Waals surface area contributed by atoms with Crippen LogP contribution >= 0.6 is 0 Å². The van der Waals surface area contributed by atoms with Gasteiger partial charge in [0.15, 0.2) is 5.96 Å². The lowest BCUT2D eigenvalue weighted by molar-refractivity contribution is -0.143. The maximum Gasteiger partial charge on any atom is 0.326 e. The van der Waals surface area contributed by atoms with E-state index in [0.717, 1.165) is 10.9 Å². The van der Waals surface area contributed by atoms with Crippen molar-refractivity contribution in [2.45, 2.75) is 62.7 Å². The van der Waals surface area contributed by atoms with E-state index >= 15 is 0 Å². The minimum absolute atomic E-state index is 0.0384. The number of nitrogens with two attached hydrogens (primary N) is 3. The number of nitrogens with zero attached hydrogens (tertiary/aromatic N) is 2. The van der Waals surface area contributed by atoms with Crippen LogP contribution in [-0.4, -0.2) is 91.5 Å². The summed E-state index contributed by atoms with van der Waals surface area (Å²) in [5.74, 6) is -5.10. The van der Waals surface area contributed by atoms with Crippen molar-refractivity contribution in [3.05, 3.63) is 54.2 Å². The van der Waals surface area contributed by atoms with E-state index in [1.54, 1.807) is 18.3 Å². The highest BCUT2D eigenvalue weighted by Crippen LogP contribution is 2.19. The first-order valence-electron chi connectivity index (χ1n) is 14.1. The molecular formula is C28H38N10O7. The number of aromatic amines is 2. The van der Waals surface area contributed by atoms with Crippen LogP contribution in [0.2, 0.25) is 0 Å². The van der Waals surface area contributed by atoms with Crippen LogP contribution in [-0.2, 0) is 36.8 Å². The number of para-hydroxylation sites is 1. The number of amides is 3. The van der Waals surface area contributed by atoms with Crippen LogP contribution in [0.3, 0.4) is 0 Å². The molecule has 4 unspecified atom stereocenters. The van der Waals surface area contributed by atoms with Gasteiger partial charge in [-0.2, -0.15) is 0 Å². The van der Waals surface area contributed by atoms with E-state index in [1.807, 2.05) is 12.1 Å². The van der Waals surface area contributed by atoms with Gasteiger partial charge in [0.25, 0.3) is 0 Å². The first kappa shape index (κ1) is 34.0. The van der Waals surface area contributed by atoms with Crippen LogP contribution in [0.25, 0.3) is 10.9 Å². The van der Waals surface area contributed by atoms with Crippen molar-refractivity contribution in [1.82, 2.24) is 30.9 Å². The smallest absolute Gasteiger partial charge is 0.326 e. The van der Waals surface area contributed by atoms with Crippen molar-refractivity contribution in [2.24, 2.45) is 22.2 Å². The minimum atomic E-state index is -1.44. The molecule has 4 atom stereocenters. The second-order valence-electron chi connectivity index (χ2n) is 10.4. The molecule has 0 aliphatic carbocycles. The van der Waals surface area contributed by atoms with Crippen LogP contribution in [0.5, 0.6) is 0 Å². The fourth-order valence-electron chi connectivity index (χ4n) is 4.58. The van der Waals surface area contributed by atoms with E-state index in [0.29, 0.717) is 11.3 Å². The largest absolute Gasteiger partial charge is 0.481 e. The van der Waals surface area contributed by atoms with Crippen LogP contribution < -0.4 is 33.2 Å². The molecule has 17 heteroatoms. The van der Waals surface area contributed by atoms with Gasteiger partial charge in [-0.1, -0.05) is 18.2 Å². The maximum absolute atomic E-state index is 13.4. The van der Waals surface area contributed by atoms with E-state index in [-0.39, 0.29) is 44.6 Å². The Hall–Kier alpha value is -5.45. The normalized spacial score (nSPS) is 13.6. The van der Waals surface area contributed by atoms with Crippen molar-refractivity contribution in [2.75, 3.05) is 6.54 Å². The van der Waals surface area contributed by atoms with Crippen LogP contribution in [0, 0.1) is 0 Å². The van der Waals surface area contributed by atoms with Crippen LogP contribution in [0.4, 0.5) is 0 Å². The molecule has 0 bridgehead atoms. The molecule has 3 aromatic rings. The Morgan fingerprint density at radius 2 is 1.56 bits per heavy atom. The van der Waals surface area contributed by atoms with Crippen molar-refractivity contribution >= 4 is 46.5 Å². The van der Waals surface area contributed by atoms with Gasteiger partial charge in [0.05, 0.1) is 12.4 Å². The molecule has 3 amide bonds. The van der Waals surface area contributed by atoms with Crippen molar-refractivity contribution < 1.29 is 34.2 Å². The molecule has 3 rings (SSSR count). The topological polar surface area (TPSA) is 297 Å². The summed E-state index contributed by atoms with van der Waals surface area (Å²) in [5.41, 5.74) is 18.8. The predicted molar refractivity (Wildman–Crippen MR) is 162 cm³/mol. The summed E-state index contributed by atoms with van der Waals surface area (Å²) in [4.78, 5) is 76.7. The first-order valence-corrected chi connectivity index (χ1v) is 14.1. The molecule has 45 heavy (non-hydrogen) atoms. The Balaban J connectivity index is 1.75. The second kappa shape index (κ2) is 16.4. The molecule has 0 spiro atoms. The summed E-state index contributed by atoms with van der Waals surface area (Å²) in [5, 5.41) is 27.3. The average Bonchev–Trinajstić information content (AvgIpc) is 3.65. The third kappa shape index (κ3) is 10.6. The van der Waals surface area contributed by atoms with Gasteiger partial charge in [-0.15, -0.1) is 0 Å². The third-order valence-electron chi connectivity index (χ3n) is 6.90. The summed E-state index contributed by atoms with van der Waals surface area (Å²) < 4.78 is 0. The van der Waals surface area contributed by atoms with Gasteiger partial charge < -0.3 is 53.3 Å². The molecule has 17 nitrogen and oxygen atoms in total. The molecule has 1 aromatic carbocycles. The number of hydrogen-bond acceptors (Lipinski definition) is 8. The van der Waals surface area contributed by atoms with Gasteiger partial charge >= 0.3 is 11.9 Å².